The van der Waals surface area contributed by atoms with Crippen molar-refractivity contribution in [1.29, 1.82) is 0 Å². The van der Waals surface area contributed by atoms with Crippen molar-refractivity contribution in [1.82, 2.24) is 0 Å². The second-order valence-corrected chi connectivity index (χ2v) is 9.23. The zero-order chi connectivity index (χ0) is 28.4. The predicted molar refractivity (Wildman–Crippen MR) is 153 cm³/mol. The number of thiol groups is 1. The average Bonchev–Trinajstić information content (AvgIpc) is 2.81. The first-order valence-corrected chi connectivity index (χ1v) is 13.6. The van der Waals surface area contributed by atoms with Crippen LogP contribution in [-0.4, -0.2) is 36.4 Å². The minimum atomic E-state index is -5.29. The third-order valence-corrected chi connectivity index (χ3v) is 4.55. The van der Waals surface area contributed by atoms with Gasteiger partial charge in [-0.25, -0.2) is 4.79 Å². The van der Waals surface area contributed by atoms with Crippen molar-refractivity contribution >= 4 is 37.5 Å². The Morgan fingerprint density at radius 2 is 1.38 bits per heavy atom. The number of phosphoric acid groups is 1. The van der Waals surface area contributed by atoms with E-state index < -0.39 is 39.1 Å². The Kier molecular flexibility index (Phi) is 37.0. The van der Waals surface area contributed by atoms with Gasteiger partial charge in [0.05, 0.1) is 14.4 Å². The first-order chi connectivity index (χ1) is 17.5. The molecule has 0 aromatic carbocycles. The molecule has 0 aliphatic carbocycles. The maximum absolute atomic E-state index is 12.0. The number of hydrogen-bond donors (Lipinski definition) is 1. The third-order valence-electron chi connectivity index (χ3n) is 4.09. The minimum absolute atomic E-state index is 0. The van der Waals surface area contributed by atoms with Crippen molar-refractivity contribution in [2.45, 2.75) is 84.2 Å². The smallest absolute Gasteiger partial charge is 0.790 e. The maximum Gasteiger partial charge on any atom is 1.00 e. The summed E-state index contributed by atoms with van der Waals surface area (Å²) >= 11 is 3.33. The summed E-state index contributed by atoms with van der Waals surface area (Å²) in [5, 5.41) is -0.139. The summed E-state index contributed by atoms with van der Waals surface area (Å²) in [6.07, 6.45) is 13.4. The standard InChI is InChI=1S/C24H31O8P.C2H4OS.2Na.7H2/c1-3-5-7-9-11-12-13-15-17-19-24(26)32-22(21-31-33(27,28)29)20-30-23(25)18-16-14-10-8-6-4-2;1-2(3)4;;;;;;;;;/h2,22H,3,5,7,9,11-13,15,17,19-21H2,1H3,(H2,27,28,29);1H3,(H,3,4);;;7*1H/q;;2*+1;;;;;;;/p-2/t22-;;;;;;;;;;/m1........../s1. The fourth-order valence-corrected chi connectivity index (χ4v) is 2.88. The van der Waals surface area contributed by atoms with Crippen LogP contribution >= 0.6 is 20.5 Å². The summed E-state index contributed by atoms with van der Waals surface area (Å²) in [4.78, 5) is 54.3. The summed E-state index contributed by atoms with van der Waals surface area (Å²) in [7, 11) is -5.29. The van der Waals surface area contributed by atoms with Gasteiger partial charge in [-0.05, 0) is 41.9 Å². The van der Waals surface area contributed by atoms with Gasteiger partial charge in [0.1, 0.15) is 6.61 Å². The average molecular weight is 613 g/mol. The summed E-state index contributed by atoms with van der Waals surface area (Å²) in [5.74, 6) is 13.7. The third kappa shape index (κ3) is 41.9. The molecule has 0 rings (SSSR count). The van der Waals surface area contributed by atoms with E-state index in [1.54, 1.807) is 0 Å². The number of phosphoric ester groups is 1. The molecule has 0 heterocycles. The molecule has 39 heavy (non-hydrogen) atoms. The number of ether oxygens (including phenoxy) is 2. The molecule has 0 saturated heterocycles. The number of carbonyl (C=O) groups excluding carboxylic acids is 3. The van der Waals surface area contributed by atoms with E-state index in [0.29, 0.717) is 6.42 Å². The first kappa shape index (κ1) is 45.3. The fraction of sp³-hybridized carbons (Fsp3) is 0.577. The fourth-order valence-electron chi connectivity index (χ4n) is 2.53. The molecule has 0 amide bonds. The van der Waals surface area contributed by atoms with Crippen LogP contribution in [0.5, 0.6) is 0 Å². The Morgan fingerprint density at radius 3 is 1.90 bits per heavy atom. The van der Waals surface area contributed by atoms with Gasteiger partial charge < -0.3 is 28.3 Å². The van der Waals surface area contributed by atoms with E-state index in [0.717, 1.165) is 19.3 Å². The van der Waals surface area contributed by atoms with Gasteiger partial charge in [0, 0.05) is 29.3 Å². The number of hydrogen-bond acceptors (Lipinski definition) is 9. The topological polar surface area (TPSA) is 142 Å². The van der Waals surface area contributed by atoms with Crippen molar-refractivity contribution in [3.63, 3.8) is 0 Å². The van der Waals surface area contributed by atoms with Crippen LogP contribution in [-0.2, 0) is 32.9 Å². The molecule has 0 aromatic rings. The van der Waals surface area contributed by atoms with Crippen molar-refractivity contribution in [3.05, 3.63) is 0 Å². The number of rotatable bonds is 16. The van der Waals surface area contributed by atoms with Gasteiger partial charge in [-0.3, -0.25) is 9.59 Å². The second-order valence-electron chi connectivity index (χ2n) is 7.45. The van der Waals surface area contributed by atoms with Crippen LogP contribution in [0.15, 0.2) is 0 Å². The molecular formula is C26H47Na2O9PS. The molecule has 0 radical (unpaired) electrons. The monoisotopic (exact) mass is 612 g/mol. The van der Waals surface area contributed by atoms with Crippen molar-refractivity contribution in [2.75, 3.05) is 13.2 Å². The molecule has 0 aliphatic rings. The van der Waals surface area contributed by atoms with E-state index in [2.05, 4.69) is 53.7 Å². The number of unbranched alkanes of at least 4 members (excludes halogenated alkanes) is 8. The molecule has 13 heteroatoms. The summed E-state index contributed by atoms with van der Waals surface area (Å²) in [6.45, 7) is 2.25. The SMILES string of the molecule is C#CC#CC#CC#CC(=O)OC[C@H](COP(=O)([O-])[O-])OC(=O)CCCCCCCCCCC.CC(=O)S.[HH].[HH].[HH].[HH].[HH].[HH].[HH].[Na+].[Na+]. The van der Waals surface area contributed by atoms with Gasteiger partial charge in [-0.2, -0.15) is 0 Å². The van der Waals surface area contributed by atoms with Crippen LogP contribution < -0.4 is 68.9 Å². The van der Waals surface area contributed by atoms with E-state index in [-0.39, 0.29) is 80.6 Å². The Bertz CT molecular complexity index is 997. The molecule has 0 saturated carbocycles. The van der Waals surface area contributed by atoms with Crippen LogP contribution in [0.2, 0.25) is 0 Å². The Hall–Kier alpha value is -0.690. The van der Waals surface area contributed by atoms with Crippen LogP contribution in [0.1, 0.15) is 88.0 Å². The molecule has 0 aliphatic heterocycles. The summed E-state index contributed by atoms with van der Waals surface area (Å²) < 4.78 is 24.7. The van der Waals surface area contributed by atoms with Gasteiger partial charge in [0.25, 0.3) is 0 Å². The molecule has 0 N–H and O–H groups in total. The molecular weight excluding hydrogens is 565 g/mol. The van der Waals surface area contributed by atoms with E-state index >= 15 is 0 Å². The summed E-state index contributed by atoms with van der Waals surface area (Å²) in [6, 6.07) is 0. The minimum Gasteiger partial charge on any atom is -0.790 e. The predicted octanol–water partition coefficient (Wildman–Crippen LogP) is -1.96. The molecule has 0 bridgehead atoms. The molecule has 0 aromatic heterocycles. The van der Waals surface area contributed by atoms with Crippen LogP contribution in [0, 0.1) is 47.9 Å². The van der Waals surface area contributed by atoms with E-state index in [1.807, 2.05) is 11.8 Å². The van der Waals surface area contributed by atoms with Gasteiger partial charge in [-0.1, -0.05) is 58.3 Å². The molecule has 0 spiro atoms. The van der Waals surface area contributed by atoms with Crippen LogP contribution in [0.4, 0.5) is 0 Å². The maximum atomic E-state index is 12.0. The van der Waals surface area contributed by atoms with E-state index in [4.69, 9.17) is 15.9 Å². The Morgan fingerprint density at radius 1 is 0.897 bits per heavy atom. The van der Waals surface area contributed by atoms with E-state index in [1.165, 1.54) is 39.0 Å². The second kappa shape index (κ2) is 31.8. The van der Waals surface area contributed by atoms with E-state index in [9.17, 15) is 28.7 Å². The van der Waals surface area contributed by atoms with Crippen LogP contribution in [0.3, 0.4) is 0 Å². The molecule has 0 unspecified atom stereocenters. The van der Waals surface area contributed by atoms with Crippen LogP contribution in [0.25, 0.3) is 0 Å². The number of carbonyl (C=O) groups is 3. The van der Waals surface area contributed by atoms with Gasteiger partial charge >= 0.3 is 71.1 Å². The molecule has 9 nitrogen and oxygen atoms in total. The van der Waals surface area contributed by atoms with Crippen molar-refractivity contribution < 1.29 is 112 Å². The number of terminal acetylenes is 1. The van der Waals surface area contributed by atoms with Crippen molar-refractivity contribution in [2.24, 2.45) is 0 Å². The van der Waals surface area contributed by atoms with Crippen molar-refractivity contribution in [3.8, 4) is 47.9 Å². The molecule has 0 fully saturated rings. The normalized spacial score (nSPS) is 9.74. The largest absolute Gasteiger partial charge is 1.00 e. The molecule has 1 atom stereocenters. The zero-order valence-corrected chi connectivity index (χ0v) is 29.0. The first-order valence-electron chi connectivity index (χ1n) is 11.7. The Balaban J connectivity index is -0.0000000985. The number of esters is 2. The van der Waals surface area contributed by atoms with Gasteiger partial charge in [0.15, 0.2) is 11.2 Å². The molecule has 218 valence electrons. The van der Waals surface area contributed by atoms with Gasteiger partial charge in [0.2, 0.25) is 0 Å². The quantitative estimate of drug-likeness (QED) is 0.0400. The summed E-state index contributed by atoms with van der Waals surface area (Å²) in [5.41, 5.74) is 0. The zero-order valence-electron chi connectivity index (χ0n) is 23.2. The van der Waals surface area contributed by atoms with Gasteiger partial charge in [-0.15, -0.1) is 19.1 Å². The Labute approximate surface area is 292 Å².